The standard InChI is InChI=1S/C28H49BN6O6/c1-17(2)13-24(29-40-23-16-19-15-22(27(19,3)4)28(23,5)41-29)33-25(37)18(9-8-12-32-26(30)34-35(38)39)14-21(36)20-10-6-7-11-31-20/h17-20,22-24,31H,6-16H2,1-5H3,(H,33,37)(H3,30,32,34)/t18-,19-,20-,22-,23-,24+,28+/m1/s1. The number of nitrogens with two attached hydrogens (primary N) is 1. The predicted molar refractivity (Wildman–Crippen MR) is 156 cm³/mol. The number of ketones is 1. The van der Waals surface area contributed by atoms with Gasteiger partial charge in [-0.15, -0.1) is 0 Å². The lowest BCUT2D eigenvalue weighted by molar-refractivity contribution is -0.525. The number of nitro groups is 1. The van der Waals surface area contributed by atoms with E-state index in [0.717, 1.165) is 38.6 Å². The number of amides is 1. The second-order valence-electron chi connectivity index (χ2n) is 13.7. The molecule has 5 aliphatic rings. The van der Waals surface area contributed by atoms with Gasteiger partial charge in [-0.25, -0.2) is 15.1 Å². The number of rotatable bonds is 13. The molecule has 0 unspecified atom stereocenters. The van der Waals surface area contributed by atoms with Crippen molar-refractivity contribution < 1.29 is 23.9 Å². The number of hydrogen-bond donors (Lipinski definition) is 4. The summed E-state index contributed by atoms with van der Waals surface area (Å²) < 4.78 is 13.2. The lowest BCUT2D eigenvalue weighted by Gasteiger charge is -2.64. The van der Waals surface area contributed by atoms with Crippen LogP contribution < -0.4 is 21.8 Å². The van der Waals surface area contributed by atoms with Crippen molar-refractivity contribution >= 4 is 24.8 Å². The number of carbonyl (C=O) groups excluding carboxylic acids is 2. The van der Waals surface area contributed by atoms with Gasteiger partial charge in [0, 0.05) is 18.9 Å². The van der Waals surface area contributed by atoms with E-state index < -0.39 is 18.1 Å². The van der Waals surface area contributed by atoms with Gasteiger partial charge in [0.15, 0.2) is 10.8 Å². The van der Waals surface area contributed by atoms with E-state index in [1.165, 1.54) is 0 Å². The highest BCUT2D eigenvalue weighted by Gasteiger charge is 2.68. The Morgan fingerprint density at radius 1 is 1.24 bits per heavy atom. The largest absolute Gasteiger partial charge is 0.481 e. The molecule has 0 aromatic heterocycles. The maximum Gasteiger partial charge on any atom is 0.481 e. The van der Waals surface area contributed by atoms with Gasteiger partial charge in [-0.2, -0.15) is 0 Å². The number of carbonyl (C=O) groups is 2. The molecule has 13 heteroatoms. The minimum absolute atomic E-state index is 0.0154. The van der Waals surface area contributed by atoms with Crippen molar-refractivity contribution in [3.63, 3.8) is 0 Å². The maximum absolute atomic E-state index is 13.8. The number of nitrogens with zero attached hydrogens (tertiary/aromatic N) is 2. The molecule has 230 valence electrons. The molecule has 0 aromatic rings. The van der Waals surface area contributed by atoms with Crippen LogP contribution in [0.25, 0.3) is 0 Å². The summed E-state index contributed by atoms with van der Waals surface area (Å²) >= 11 is 0. The molecule has 3 aliphatic carbocycles. The van der Waals surface area contributed by atoms with Gasteiger partial charge < -0.3 is 25.7 Å². The van der Waals surface area contributed by atoms with Gasteiger partial charge in [-0.3, -0.25) is 9.59 Å². The van der Waals surface area contributed by atoms with Crippen molar-refractivity contribution in [2.75, 3.05) is 13.1 Å². The Morgan fingerprint density at radius 3 is 2.63 bits per heavy atom. The molecule has 2 heterocycles. The van der Waals surface area contributed by atoms with Crippen LogP contribution in [-0.4, -0.2) is 66.6 Å². The number of guanidine groups is 1. The molecular formula is C28H49BN6O6. The van der Waals surface area contributed by atoms with Crippen LogP contribution in [0.3, 0.4) is 0 Å². The highest BCUT2D eigenvalue weighted by molar-refractivity contribution is 6.47. The van der Waals surface area contributed by atoms with Gasteiger partial charge in [0.2, 0.25) is 5.91 Å². The third-order valence-electron chi connectivity index (χ3n) is 10.1. The van der Waals surface area contributed by atoms with Crippen molar-refractivity contribution in [2.24, 2.45) is 39.8 Å². The summed E-state index contributed by atoms with van der Waals surface area (Å²) in [6.45, 7) is 12.0. The summed E-state index contributed by atoms with van der Waals surface area (Å²) in [6.07, 6.45) is 6.61. The number of hydrogen-bond acceptors (Lipinski definition) is 8. The Hall–Kier alpha value is -2.25. The van der Waals surface area contributed by atoms with E-state index in [1.54, 1.807) is 0 Å². The van der Waals surface area contributed by atoms with Crippen molar-refractivity contribution in [3.05, 3.63) is 10.1 Å². The highest BCUT2D eigenvalue weighted by Crippen LogP contribution is 2.65. The van der Waals surface area contributed by atoms with E-state index in [2.05, 4.69) is 50.2 Å². The molecule has 2 aliphatic heterocycles. The van der Waals surface area contributed by atoms with Crippen LogP contribution in [-0.2, 0) is 18.9 Å². The Balaban J connectivity index is 1.43. The summed E-state index contributed by atoms with van der Waals surface area (Å²) in [5.74, 6) is 0.0000640. The zero-order valence-electron chi connectivity index (χ0n) is 25.3. The van der Waals surface area contributed by atoms with Crippen molar-refractivity contribution in [1.82, 2.24) is 16.1 Å². The number of nitrogens with one attached hydrogen (secondary N) is 3. The third kappa shape index (κ3) is 7.22. The van der Waals surface area contributed by atoms with Crippen LogP contribution in [0, 0.1) is 39.2 Å². The second-order valence-corrected chi connectivity index (χ2v) is 13.7. The average molecular weight is 577 g/mol. The topological polar surface area (TPSA) is 170 Å². The first kappa shape index (κ1) is 31.7. The minimum atomic E-state index is -0.770. The Bertz CT molecular complexity index is 1000. The average Bonchev–Trinajstić information content (AvgIpc) is 3.26. The van der Waals surface area contributed by atoms with Gasteiger partial charge in [-0.05, 0) is 81.6 Å². The Labute approximate surface area is 244 Å². The molecule has 1 amide bonds. The molecule has 7 atom stereocenters. The smallest absolute Gasteiger partial charge is 0.404 e. The zero-order chi connectivity index (χ0) is 29.9. The van der Waals surface area contributed by atoms with Crippen LogP contribution in [0.15, 0.2) is 4.99 Å². The molecule has 2 saturated heterocycles. The van der Waals surface area contributed by atoms with Crippen molar-refractivity contribution in [1.29, 1.82) is 0 Å². The summed E-state index contributed by atoms with van der Waals surface area (Å²) in [5.41, 5.74) is 7.20. The van der Waals surface area contributed by atoms with Gasteiger partial charge >= 0.3 is 7.12 Å². The SMILES string of the molecule is CC(C)C[C@H](NC(=O)[C@H](CCCN=C(N)N[N+](=O)[O-])CC(=O)[C@H]1CCCCN1)B1O[C@@H]2C[C@H]3C[C@H](C3(C)C)[C@]2(C)O1. The van der Waals surface area contributed by atoms with Gasteiger partial charge in [0.05, 0.1) is 23.7 Å². The number of Topliss-reactive ketones (excluding diaryl/α,β-unsaturated/α-hetero) is 1. The third-order valence-corrected chi connectivity index (χ3v) is 10.1. The molecule has 12 nitrogen and oxygen atoms in total. The fraction of sp³-hybridized carbons (Fsp3) is 0.893. The fourth-order valence-electron chi connectivity index (χ4n) is 7.62. The van der Waals surface area contributed by atoms with Crippen molar-refractivity contribution in [3.8, 4) is 0 Å². The molecule has 0 aromatic carbocycles. The summed E-state index contributed by atoms with van der Waals surface area (Å²) in [5, 5.41) is 16.3. The van der Waals surface area contributed by atoms with Crippen LogP contribution in [0.4, 0.5) is 0 Å². The van der Waals surface area contributed by atoms with E-state index in [4.69, 9.17) is 15.0 Å². The van der Waals surface area contributed by atoms with Crippen molar-refractivity contribution in [2.45, 2.75) is 116 Å². The first-order chi connectivity index (χ1) is 19.3. The summed E-state index contributed by atoms with van der Waals surface area (Å²) in [4.78, 5) is 41.5. The van der Waals surface area contributed by atoms with Gasteiger partial charge in [-0.1, -0.05) is 39.5 Å². The molecule has 5 rings (SSSR count). The number of aliphatic imine (C=N–C) groups is 1. The quantitative estimate of drug-likeness (QED) is 0.0642. The lowest BCUT2D eigenvalue weighted by Crippen LogP contribution is -2.65. The monoisotopic (exact) mass is 576 g/mol. The van der Waals surface area contributed by atoms with Crippen LogP contribution in [0.1, 0.15) is 92.4 Å². The molecule has 2 bridgehead atoms. The van der Waals surface area contributed by atoms with Crippen LogP contribution in [0.2, 0.25) is 0 Å². The molecular weight excluding hydrogens is 527 g/mol. The maximum atomic E-state index is 13.8. The van der Waals surface area contributed by atoms with Crippen LogP contribution >= 0.6 is 0 Å². The Morgan fingerprint density at radius 2 is 2.00 bits per heavy atom. The molecule has 0 radical (unpaired) electrons. The van der Waals surface area contributed by atoms with E-state index >= 15 is 0 Å². The van der Waals surface area contributed by atoms with Crippen LogP contribution in [0.5, 0.6) is 0 Å². The van der Waals surface area contributed by atoms with E-state index in [0.29, 0.717) is 37.0 Å². The summed E-state index contributed by atoms with van der Waals surface area (Å²) in [6, 6.07) is -0.233. The molecule has 5 N–H and O–H groups in total. The molecule has 5 fully saturated rings. The number of hydrazine groups is 1. The second kappa shape index (κ2) is 13.0. The fourth-order valence-corrected chi connectivity index (χ4v) is 7.62. The molecule has 3 saturated carbocycles. The summed E-state index contributed by atoms with van der Waals surface area (Å²) in [7, 11) is -0.541. The van der Waals surface area contributed by atoms with E-state index in [-0.39, 0.29) is 59.7 Å². The van der Waals surface area contributed by atoms with Gasteiger partial charge in [0.25, 0.3) is 5.96 Å². The lowest BCUT2D eigenvalue weighted by atomic mass is 9.43. The minimum Gasteiger partial charge on any atom is -0.404 e. The Kier molecular flexibility index (Phi) is 10.0. The normalized spacial score (nSPS) is 32.0. The first-order valence-electron chi connectivity index (χ1n) is 15.4. The highest BCUT2D eigenvalue weighted by atomic mass is 16.7. The van der Waals surface area contributed by atoms with E-state index in [9.17, 15) is 19.7 Å². The molecule has 0 spiro atoms. The number of piperidine rings is 1. The zero-order valence-corrected chi connectivity index (χ0v) is 25.3. The predicted octanol–water partition coefficient (Wildman–Crippen LogP) is 2.38. The molecule has 41 heavy (non-hydrogen) atoms. The first-order valence-corrected chi connectivity index (χ1v) is 15.4. The van der Waals surface area contributed by atoms with E-state index in [1.807, 2.05) is 5.43 Å². The van der Waals surface area contributed by atoms with Gasteiger partial charge in [0.1, 0.15) is 0 Å².